The lowest BCUT2D eigenvalue weighted by atomic mass is 9.80. The second-order valence-electron chi connectivity index (χ2n) is 15.6. The van der Waals surface area contributed by atoms with Gasteiger partial charge in [-0.3, -0.25) is 24.0 Å². The van der Waals surface area contributed by atoms with Crippen molar-refractivity contribution < 1.29 is 43.9 Å². The number of phenols is 1. The van der Waals surface area contributed by atoms with Gasteiger partial charge < -0.3 is 40.2 Å². The molecule has 0 heterocycles. The fourth-order valence-electron chi connectivity index (χ4n) is 10.1. The van der Waals surface area contributed by atoms with Crippen LogP contribution in [0.1, 0.15) is 82.3 Å². The van der Waals surface area contributed by atoms with Gasteiger partial charge in [-0.05, 0) is 57.8 Å². The van der Waals surface area contributed by atoms with E-state index in [1.54, 1.807) is 6.92 Å². The number of fused-ring (bicyclic) bond motifs is 1. The molecule has 5 unspecified atom stereocenters. The number of carboxylic acid groups (broad SMARTS) is 2. The maximum absolute atomic E-state index is 14.8. The fourth-order valence-corrected chi connectivity index (χ4v) is 10.1. The topological polar surface area (TPSA) is 198 Å². The Labute approximate surface area is 320 Å². The Hall–Kier alpha value is -5.85. The summed E-state index contributed by atoms with van der Waals surface area (Å²) in [4.78, 5) is 67.1. The molecule has 5 aromatic rings. The zero-order valence-corrected chi connectivity index (χ0v) is 31.9. The lowest BCUT2D eigenvalue weighted by Gasteiger charge is -2.34. The average Bonchev–Trinajstić information content (AvgIpc) is 3.30. The number of benzene rings is 5. The summed E-state index contributed by atoms with van der Waals surface area (Å²) in [5.41, 5.74) is 1.49. The largest absolute Gasteiger partial charge is 0.504 e. The third-order valence-electron chi connectivity index (χ3n) is 12.4. The molecular formula is C43H44N2O11. The highest BCUT2D eigenvalue weighted by atomic mass is 16.5. The Morgan fingerprint density at radius 1 is 0.679 bits per heavy atom. The number of carbonyl (C=O) groups is 3. The van der Waals surface area contributed by atoms with E-state index in [1.165, 1.54) is 40.4 Å². The van der Waals surface area contributed by atoms with Crippen LogP contribution in [0.25, 0.3) is 49.2 Å². The third-order valence-corrected chi connectivity index (χ3v) is 12.4. The molecule has 292 valence electrons. The van der Waals surface area contributed by atoms with Gasteiger partial charge >= 0.3 is 11.9 Å². The number of carbonyl (C=O) groups excluding carboxylic acids is 1. The number of aromatic hydroxyl groups is 1. The molecule has 2 fully saturated rings. The molecule has 13 heteroatoms. The Morgan fingerprint density at radius 3 is 1.70 bits per heavy atom. The number of ketones is 1. The van der Waals surface area contributed by atoms with Gasteiger partial charge in [0.2, 0.25) is 0 Å². The van der Waals surface area contributed by atoms with Crippen molar-refractivity contribution in [1.29, 1.82) is 0 Å². The smallest absolute Gasteiger partial charge is 0.306 e. The summed E-state index contributed by atoms with van der Waals surface area (Å²) in [6.45, 7) is 3.26. The number of phenolic OH excluding ortho intramolecular Hbond substituents is 1. The molecule has 3 aliphatic rings. The van der Waals surface area contributed by atoms with E-state index in [9.17, 15) is 39.3 Å². The molecule has 0 aliphatic heterocycles. The lowest BCUT2D eigenvalue weighted by molar-refractivity contribution is -0.143. The highest BCUT2D eigenvalue weighted by Gasteiger charge is 2.39. The molecule has 0 spiro atoms. The minimum absolute atomic E-state index is 0.0430. The number of hydrogen-bond donors (Lipinski definition) is 5. The first-order valence-corrected chi connectivity index (χ1v) is 19.0. The van der Waals surface area contributed by atoms with Crippen LogP contribution in [0.4, 0.5) is 11.4 Å². The first-order chi connectivity index (χ1) is 26.8. The Balaban J connectivity index is 1.63. The summed E-state index contributed by atoms with van der Waals surface area (Å²) in [6.07, 6.45) is 6.20. The molecule has 2 saturated carbocycles. The van der Waals surface area contributed by atoms with E-state index in [4.69, 9.17) is 14.2 Å². The van der Waals surface area contributed by atoms with E-state index in [0.717, 1.165) is 0 Å². The normalized spacial score (nSPS) is 22.3. The summed E-state index contributed by atoms with van der Waals surface area (Å²) in [5.74, 6) is -4.25. The van der Waals surface area contributed by atoms with E-state index >= 15 is 0 Å². The van der Waals surface area contributed by atoms with Crippen LogP contribution in [0.5, 0.6) is 23.0 Å². The molecule has 5 N–H and O–H groups in total. The van der Waals surface area contributed by atoms with E-state index < -0.39 is 46.3 Å². The summed E-state index contributed by atoms with van der Waals surface area (Å²) in [7, 11) is 4.23. The predicted molar refractivity (Wildman–Crippen MR) is 214 cm³/mol. The third kappa shape index (κ3) is 5.45. The van der Waals surface area contributed by atoms with Crippen LogP contribution in [0.2, 0.25) is 0 Å². The SMILES string of the molecule is COc1c(O)c2c(=O)cc(OC)c3c4c(OC)cc(=O)c5c(NC6CCCC(C(=O)O)C6)c(NC6CCCC(C(=O)O)C6)c6c(c(c1C(C(C)=O)C(C)=C6)c23)c54. The van der Waals surface area contributed by atoms with Gasteiger partial charge in [0, 0.05) is 62.3 Å². The van der Waals surface area contributed by atoms with Crippen molar-refractivity contribution in [2.24, 2.45) is 11.8 Å². The first-order valence-electron chi connectivity index (χ1n) is 19.0. The van der Waals surface area contributed by atoms with Crippen LogP contribution >= 0.6 is 0 Å². The molecule has 8 rings (SSSR count). The molecule has 0 radical (unpaired) electrons. The van der Waals surface area contributed by atoms with E-state index in [2.05, 4.69) is 10.6 Å². The molecule has 0 aromatic heterocycles. The minimum atomic E-state index is -0.948. The zero-order chi connectivity index (χ0) is 39.9. The van der Waals surface area contributed by atoms with Crippen molar-refractivity contribution in [3.63, 3.8) is 0 Å². The summed E-state index contributed by atoms with van der Waals surface area (Å²) < 4.78 is 17.7. The van der Waals surface area contributed by atoms with Crippen molar-refractivity contribution in [1.82, 2.24) is 0 Å². The van der Waals surface area contributed by atoms with Gasteiger partial charge in [-0.2, -0.15) is 0 Å². The fraction of sp³-hybridized carbons (Fsp3) is 0.419. The van der Waals surface area contributed by atoms with Crippen LogP contribution < -0.4 is 35.7 Å². The Bertz CT molecular complexity index is 2650. The highest BCUT2D eigenvalue weighted by molar-refractivity contribution is 6.40. The standard InChI is InChI=1S/C43H44N2O11/c1-17-12-23-29-34-30(39(45-22-11-7-9-20(14-22)43(52)53)38(23)44-21-10-6-8-19(13-21)42(50)51)24(47)15-26(54-3)32(34)33-27(55-4)16-25(48)31-36(33)35(29)37(28(17)18(2)46)41(56-5)40(31)49/h12,15-16,19-22,28,44-45,49H,6-11,13-14H2,1-5H3,(H,50,51)(H,52,53). The van der Waals surface area contributed by atoms with Gasteiger partial charge in [0.15, 0.2) is 22.4 Å². The number of hydrogen-bond acceptors (Lipinski definition) is 11. The Morgan fingerprint density at radius 2 is 1.20 bits per heavy atom. The van der Waals surface area contributed by atoms with Crippen molar-refractivity contribution >= 4 is 78.3 Å². The Kier molecular flexibility index (Phi) is 9.08. The lowest BCUT2D eigenvalue weighted by Crippen LogP contribution is -2.33. The number of rotatable bonds is 10. The van der Waals surface area contributed by atoms with Crippen molar-refractivity contribution in [2.75, 3.05) is 32.0 Å². The minimum Gasteiger partial charge on any atom is -0.504 e. The van der Waals surface area contributed by atoms with Gasteiger partial charge in [0.25, 0.3) is 0 Å². The predicted octanol–water partition coefficient (Wildman–Crippen LogP) is 6.83. The molecule has 3 aliphatic carbocycles. The van der Waals surface area contributed by atoms with Gasteiger partial charge in [-0.1, -0.05) is 24.5 Å². The van der Waals surface area contributed by atoms with Gasteiger partial charge in [0.1, 0.15) is 17.3 Å². The maximum Gasteiger partial charge on any atom is 0.306 e. The molecule has 5 atom stereocenters. The molecule has 0 amide bonds. The maximum atomic E-state index is 14.8. The number of allylic oxidation sites excluding steroid dienone is 1. The van der Waals surface area contributed by atoms with Crippen LogP contribution in [0.15, 0.2) is 27.3 Å². The summed E-state index contributed by atoms with van der Waals surface area (Å²) >= 11 is 0. The van der Waals surface area contributed by atoms with Crippen LogP contribution in [-0.4, -0.2) is 66.5 Å². The molecular weight excluding hydrogens is 720 g/mol. The molecule has 5 aromatic carbocycles. The number of methoxy groups -OCH3 is 3. The van der Waals surface area contributed by atoms with Crippen molar-refractivity contribution in [3.8, 4) is 23.0 Å². The number of aliphatic carboxylic acids is 2. The van der Waals surface area contributed by atoms with Gasteiger partial charge in [-0.25, -0.2) is 0 Å². The zero-order valence-electron chi connectivity index (χ0n) is 31.9. The molecule has 56 heavy (non-hydrogen) atoms. The van der Waals surface area contributed by atoms with E-state index in [-0.39, 0.29) is 45.9 Å². The second-order valence-corrected chi connectivity index (χ2v) is 15.6. The number of nitrogens with one attached hydrogen (secondary N) is 2. The summed E-state index contributed by atoms with van der Waals surface area (Å²) in [5, 5.41) is 42.1. The monoisotopic (exact) mass is 764 g/mol. The van der Waals surface area contributed by atoms with Crippen molar-refractivity contribution in [2.45, 2.75) is 83.2 Å². The van der Waals surface area contributed by atoms with Crippen molar-refractivity contribution in [3.05, 3.63) is 49.3 Å². The quantitative estimate of drug-likeness (QED) is 0.0734. The number of carboxylic acids is 2. The van der Waals surface area contributed by atoms with Crippen LogP contribution in [0.3, 0.4) is 0 Å². The second kappa shape index (κ2) is 13.7. The molecule has 13 nitrogen and oxygen atoms in total. The number of ether oxygens (including phenoxy) is 3. The number of anilines is 2. The molecule has 0 saturated heterocycles. The van der Waals surface area contributed by atoms with Gasteiger partial charge in [0.05, 0.1) is 61.2 Å². The number of Topliss-reactive ketones (excluding diaryl/α,β-unsaturated/α-hetero) is 1. The highest BCUT2D eigenvalue weighted by Crippen LogP contribution is 2.58. The van der Waals surface area contributed by atoms with Crippen LogP contribution in [0, 0.1) is 11.8 Å². The molecule has 0 bridgehead atoms. The summed E-state index contributed by atoms with van der Waals surface area (Å²) in [6, 6.07) is 2.00. The first kappa shape index (κ1) is 37.1. The van der Waals surface area contributed by atoms with Gasteiger partial charge in [-0.15, -0.1) is 0 Å². The average molecular weight is 765 g/mol. The van der Waals surface area contributed by atoms with E-state index in [1.807, 2.05) is 6.08 Å². The van der Waals surface area contributed by atoms with E-state index in [0.29, 0.717) is 112 Å². The van der Waals surface area contributed by atoms with Crippen LogP contribution in [-0.2, 0) is 14.4 Å².